The summed E-state index contributed by atoms with van der Waals surface area (Å²) in [5, 5.41) is 3.38. The molecule has 0 fully saturated rings. The molecule has 0 amide bonds. The zero-order valence-electron chi connectivity index (χ0n) is 13.7. The highest BCUT2D eigenvalue weighted by molar-refractivity contribution is 7.07. The second-order valence-corrected chi connectivity index (χ2v) is 11.4. The average Bonchev–Trinajstić information content (AvgIpc) is 2.85. The number of hydrogen-bond donors (Lipinski definition) is 0. The molecule has 0 bridgehead atoms. The maximum atomic E-state index is 2.50. The molecule has 0 spiro atoms. The van der Waals surface area contributed by atoms with Crippen molar-refractivity contribution in [1.29, 1.82) is 0 Å². The SMILES string of the molecule is CCC(C)[Si]1(C(C)CC)c2ccccc2-c2ccccc21. The van der Waals surface area contributed by atoms with E-state index in [0.29, 0.717) is 0 Å². The van der Waals surface area contributed by atoms with Gasteiger partial charge < -0.3 is 0 Å². The van der Waals surface area contributed by atoms with Crippen molar-refractivity contribution >= 4 is 18.4 Å². The van der Waals surface area contributed by atoms with Crippen molar-refractivity contribution in [1.82, 2.24) is 0 Å². The third-order valence-corrected chi connectivity index (χ3v) is 12.4. The smallest absolute Gasteiger partial charge is 0.0654 e. The number of fused-ring (bicyclic) bond motifs is 3. The van der Waals surface area contributed by atoms with Crippen LogP contribution in [0.25, 0.3) is 11.1 Å². The fourth-order valence-electron chi connectivity index (χ4n) is 4.49. The van der Waals surface area contributed by atoms with Gasteiger partial charge in [0.25, 0.3) is 0 Å². The van der Waals surface area contributed by atoms with Crippen molar-refractivity contribution in [2.24, 2.45) is 0 Å². The Hall–Kier alpha value is -1.34. The summed E-state index contributed by atoms with van der Waals surface area (Å²) in [7, 11) is -1.68. The molecule has 2 atom stereocenters. The van der Waals surface area contributed by atoms with E-state index >= 15 is 0 Å². The molecule has 1 aliphatic heterocycles. The van der Waals surface area contributed by atoms with Crippen molar-refractivity contribution in [2.75, 3.05) is 0 Å². The number of rotatable bonds is 4. The highest BCUT2D eigenvalue weighted by Crippen LogP contribution is 2.43. The minimum Gasteiger partial charge on any atom is -0.0654 e. The predicted octanol–water partition coefficient (Wildman–Crippen LogP) is 4.83. The first-order valence-corrected chi connectivity index (χ1v) is 10.5. The molecule has 2 unspecified atom stereocenters. The van der Waals surface area contributed by atoms with Crippen LogP contribution in [0.15, 0.2) is 48.5 Å². The first-order chi connectivity index (χ1) is 10.2. The number of hydrogen-bond acceptors (Lipinski definition) is 0. The van der Waals surface area contributed by atoms with Crippen molar-refractivity contribution in [2.45, 2.75) is 51.6 Å². The summed E-state index contributed by atoms with van der Waals surface area (Å²) >= 11 is 0. The molecule has 2 aromatic carbocycles. The van der Waals surface area contributed by atoms with Crippen molar-refractivity contribution in [3.8, 4) is 11.1 Å². The van der Waals surface area contributed by atoms with Crippen molar-refractivity contribution in [3.05, 3.63) is 48.5 Å². The third-order valence-electron chi connectivity index (χ3n) is 5.82. The van der Waals surface area contributed by atoms with Gasteiger partial charge in [-0.2, -0.15) is 0 Å². The van der Waals surface area contributed by atoms with E-state index in [1.165, 1.54) is 24.0 Å². The predicted molar refractivity (Wildman–Crippen MR) is 96.3 cm³/mol. The van der Waals surface area contributed by atoms with Crippen LogP contribution < -0.4 is 10.4 Å². The molecule has 0 radical (unpaired) electrons. The van der Waals surface area contributed by atoms with Crippen LogP contribution in [0.2, 0.25) is 11.1 Å². The van der Waals surface area contributed by atoms with Gasteiger partial charge in [0, 0.05) is 0 Å². The van der Waals surface area contributed by atoms with Gasteiger partial charge in [-0.05, 0) is 32.6 Å². The summed E-state index contributed by atoms with van der Waals surface area (Å²) in [4.78, 5) is 0. The Morgan fingerprint density at radius 3 is 1.48 bits per heavy atom. The molecule has 2 aromatic rings. The molecule has 21 heavy (non-hydrogen) atoms. The Labute approximate surface area is 130 Å². The van der Waals surface area contributed by atoms with Crippen LogP contribution in [0.5, 0.6) is 0 Å². The largest absolute Gasteiger partial charge is 0.125 e. The van der Waals surface area contributed by atoms with Crippen LogP contribution in [0.4, 0.5) is 0 Å². The quantitative estimate of drug-likeness (QED) is 0.709. The summed E-state index contributed by atoms with van der Waals surface area (Å²) < 4.78 is 0. The second kappa shape index (κ2) is 5.45. The molecule has 110 valence electrons. The average molecular weight is 295 g/mol. The molecule has 1 heteroatoms. The number of benzene rings is 2. The van der Waals surface area contributed by atoms with Crippen molar-refractivity contribution < 1.29 is 0 Å². The van der Waals surface area contributed by atoms with Gasteiger partial charge in [0.1, 0.15) is 8.07 Å². The van der Waals surface area contributed by atoms with Crippen LogP contribution >= 0.6 is 0 Å². The lowest BCUT2D eigenvalue weighted by atomic mass is 10.1. The van der Waals surface area contributed by atoms with Gasteiger partial charge in [0.15, 0.2) is 0 Å². The monoisotopic (exact) mass is 294 g/mol. The lowest BCUT2D eigenvalue weighted by molar-refractivity contribution is 0.776. The Bertz CT molecular complexity index is 586. The van der Waals surface area contributed by atoms with E-state index in [9.17, 15) is 0 Å². The van der Waals surface area contributed by atoms with E-state index in [1.54, 1.807) is 10.4 Å². The van der Waals surface area contributed by atoms with Gasteiger partial charge in [-0.3, -0.25) is 0 Å². The summed E-state index contributed by atoms with van der Waals surface area (Å²) in [5.74, 6) is 0. The van der Waals surface area contributed by atoms with Gasteiger partial charge in [-0.15, -0.1) is 0 Å². The summed E-state index contributed by atoms with van der Waals surface area (Å²) in [6.45, 7) is 9.73. The van der Waals surface area contributed by atoms with Gasteiger partial charge >= 0.3 is 0 Å². The van der Waals surface area contributed by atoms with Gasteiger partial charge in [0.05, 0.1) is 0 Å². The molecule has 0 saturated carbocycles. The van der Waals surface area contributed by atoms with Crippen LogP contribution in [0, 0.1) is 0 Å². The lowest BCUT2D eigenvalue weighted by Gasteiger charge is -2.40. The standard InChI is InChI=1S/C20H26Si/c1-5-15(3)21(16(4)6-2)19-13-9-7-11-17(19)18-12-8-10-14-20(18)21/h7-16H,5-6H2,1-4H3. The third kappa shape index (κ3) is 1.87. The fourth-order valence-corrected chi connectivity index (χ4v) is 11.2. The fraction of sp³-hybridized carbons (Fsp3) is 0.400. The molecular weight excluding hydrogens is 268 g/mol. The minimum atomic E-state index is -1.68. The van der Waals surface area contributed by atoms with E-state index in [0.717, 1.165) is 11.1 Å². The maximum absolute atomic E-state index is 2.50. The van der Waals surface area contributed by atoms with E-state index in [1.807, 2.05) is 0 Å². The van der Waals surface area contributed by atoms with Gasteiger partial charge in [-0.25, -0.2) is 0 Å². The van der Waals surface area contributed by atoms with Crippen LogP contribution in [-0.2, 0) is 0 Å². The van der Waals surface area contributed by atoms with Crippen LogP contribution in [0.1, 0.15) is 40.5 Å². The van der Waals surface area contributed by atoms with Gasteiger partial charge in [0.2, 0.25) is 0 Å². The molecule has 0 aromatic heterocycles. The molecule has 0 aliphatic carbocycles. The molecule has 0 nitrogen and oxygen atoms in total. The Morgan fingerprint density at radius 1 is 0.714 bits per heavy atom. The molecular formula is C20H26Si. The molecule has 0 saturated heterocycles. The first-order valence-electron chi connectivity index (χ1n) is 8.37. The van der Waals surface area contributed by atoms with Crippen LogP contribution in [-0.4, -0.2) is 8.07 Å². The van der Waals surface area contributed by atoms with Gasteiger partial charge in [-0.1, -0.05) is 89.1 Å². The van der Waals surface area contributed by atoms with E-state index in [-0.39, 0.29) is 0 Å². The Morgan fingerprint density at radius 2 is 1.10 bits per heavy atom. The maximum Gasteiger partial charge on any atom is 0.125 e. The second-order valence-electron chi connectivity index (χ2n) is 6.58. The minimum absolute atomic E-state index is 0.789. The molecule has 1 heterocycles. The topological polar surface area (TPSA) is 0 Å². The van der Waals surface area contributed by atoms with Crippen LogP contribution in [0.3, 0.4) is 0 Å². The summed E-state index contributed by atoms with van der Waals surface area (Å²) in [6, 6.07) is 18.4. The zero-order valence-corrected chi connectivity index (χ0v) is 14.7. The molecule has 3 rings (SSSR count). The van der Waals surface area contributed by atoms with Crippen molar-refractivity contribution in [3.63, 3.8) is 0 Å². The Kier molecular flexibility index (Phi) is 3.79. The first kappa shape index (κ1) is 14.6. The highest BCUT2D eigenvalue weighted by Gasteiger charge is 2.51. The Balaban J connectivity index is 2.38. The normalized spacial score (nSPS) is 17.9. The summed E-state index contributed by atoms with van der Waals surface area (Å²) in [6.07, 6.45) is 2.55. The molecule has 0 N–H and O–H groups in total. The summed E-state index contributed by atoms with van der Waals surface area (Å²) in [5.41, 5.74) is 4.61. The zero-order chi connectivity index (χ0) is 15.0. The van der Waals surface area contributed by atoms with E-state index in [4.69, 9.17) is 0 Å². The highest BCUT2D eigenvalue weighted by atomic mass is 28.3. The lowest BCUT2D eigenvalue weighted by Crippen LogP contribution is -2.61. The molecule has 1 aliphatic rings. The van der Waals surface area contributed by atoms with E-state index in [2.05, 4.69) is 76.2 Å². The van der Waals surface area contributed by atoms with E-state index < -0.39 is 8.07 Å².